The zero-order valence-corrected chi connectivity index (χ0v) is 12.2. The fourth-order valence-corrected chi connectivity index (χ4v) is 2.41. The Labute approximate surface area is 128 Å². The van der Waals surface area contributed by atoms with Gasteiger partial charge in [0.2, 0.25) is 0 Å². The molecule has 0 saturated carbocycles. The third-order valence-electron chi connectivity index (χ3n) is 2.99. The van der Waals surface area contributed by atoms with E-state index in [-0.39, 0.29) is 21.2 Å². The normalized spacial score (nSPS) is 12.5. The van der Waals surface area contributed by atoms with Gasteiger partial charge in [0.05, 0.1) is 11.1 Å². The van der Waals surface area contributed by atoms with E-state index in [0.29, 0.717) is 0 Å². The van der Waals surface area contributed by atoms with Crippen molar-refractivity contribution in [3.63, 3.8) is 0 Å². The second kappa shape index (κ2) is 6.22. The SMILES string of the molecule is CNC(c1cc(F)c(Cl)cc1F)c1cc(F)c(F)cc1Cl. The lowest BCUT2D eigenvalue weighted by Gasteiger charge is -2.20. The van der Waals surface area contributed by atoms with Gasteiger partial charge in [-0.05, 0) is 36.9 Å². The molecule has 0 aliphatic carbocycles. The van der Waals surface area contributed by atoms with Crippen LogP contribution in [0.2, 0.25) is 10.0 Å². The van der Waals surface area contributed by atoms with Crippen LogP contribution in [0.5, 0.6) is 0 Å². The van der Waals surface area contributed by atoms with Crippen LogP contribution in [0.3, 0.4) is 0 Å². The molecular weight excluding hydrogens is 329 g/mol. The zero-order chi connectivity index (χ0) is 15.7. The molecule has 7 heteroatoms. The Morgan fingerprint density at radius 2 is 1.29 bits per heavy atom. The van der Waals surface area contributed by atoms with E-state index in [2.05, 4.69) is 5.32 Å². The predicted octanol–water partition coefficient (Wildman–Crippen LogP) is 4.86. The fraction of sp³-hybridized carbons (Fsp3) is 0.143. The van der Waals surface area contributed by atoms with Gasteiger partial charge in [0.15, 0.2) is 11.6 Å². The van der Waals surface area contributed by atoms with Gasteiger partial charge < -0.3 is 5.32 Å². The van der Waals surface area contributed by atoms with Crippen LogP contribution in [0.25, 0.3) is 0 Å². The molecule has 21 heavy (non-hydrogen) atoms. The van der Waals surface area contributed by atoms with E-state index in [1.807, 2.05) is 0 Å². The molecule has 0 aromatic heterocycles. The van der Waals surface area contributed by atoms with Crippen LogP contribution in [0.15, 0.2) is 24.3 Å². The Kier molecular flexibility index (Phi) is 4.76. The molecule has 0 bridgehead atoms. The number of rotatable bonds is 3. The molecule has 2 aromatic rings. The molecule has 0 saturated heterocycles. The predicted molar refractivity (Wildman–Crippen MR) is 73.6 cm³/mol. The summed E-state index contributed by atoms with van der Waals surface area (Å²) in [5, 5.41) is 2.21. The van der Waals surface area contributed by atoms with Gasteiger partial charge in [0.1, 0.15) is 11.6 Å². The van der Waals surface area contributed by atoms with Crippen LogP contribution in [0.1, 0.15) is 17.2 Å². The average molecular weight is 338 g/mol. The summed E-state index contributed by atoms with van der Waals surface area (Å²) in [5.41, 5.74) is -0.0361. The van der Waals surface area contributed by atoms with E-state index in [9.17, 15) is 17.6 Å². The maximum Gasteiger partial charge on any atom is 0.160 e. The molecule has 112 valence electrons. The molecule has 1 N–H and O–H groups in total. The summed E-state index contributed by atoms with van der Waals surface area (Å²) in [6.45, 7) is 0. The number of halogens is 6. The van der Waals surface area contributed by atoms with Gasteiger partial charge in [-0.1, -0.05) is 23.2 Å². The Bertz CT molecular complexity index is 634. The molecule has 2 aromatic carbocycles. The average Bonchev–Trinajstić information content (AvgIpc) is 2.42. The second-order valence-corrected chi connectivity index (χ2v) is 5.11. The molecule has 0 aliphatic heterocycles. The molecule has 0 amide bonds. The van der Waals surface area contributed by atoms with E-state index < -0.39 is 29.3 Å². The van der Waals surface area contributed by atoms with Crippen LogP contribution >= 0.6 is 23.2 Å². The summed E-state index contributed by atoms with van der Waals surface area (Å²) < 4.78 is 53.9. The third-order valence-corrected chi connectivity index (χ3v) is 3.61. The molecule has 0 spiro atoms. The molecule has 0 aliphatic rings. The smallest absolute Gasteiger partial charge is 0.160 e. The van der Waals surface area contributed by atoms with Gasteiger partial charge in [-0.3, -0.25) is 0 Å². The minimum absolute atomic E-state index is 0.0821. The van der Waals surface area contributed by atoms with Crippen LogP contribution in [0, 0.1) is 23.3 Å². The highest BCUT2D eigenvalue weighted by Gasteiger charge is 2.22. The highest BCUT2D eigenvalue weighted by molar-refractivity contribution is 6.31. The minimum Gasteiger partial charge on any atom is -0.309 e. The lowest BCUT2D eigenvalue weighted by molar-refractivity contribution is 0.503. The minimum atomic E-state index is -1.13. The first-order valence-corrected chi connectivity index (χ1v) is 6.57. The van der Waals surface area contributed by atoms with Crippen molar-refractivity contribution in [2.45, 2.75) is 6.04 Å². The first-order chi connectivity index (χ1) is 9.85. The summed E-state index contributed by atoms with van der Waals surface area (Å²) in [7, 11) is 1.45. The lowest BCUT2D eigenvalue weighted by Crippen LogP contribution is -2.20. The van der Waals surface area contributed by atoms with Gasteiger partial charge in [0.25, 0.3) is 0 Å². The van der Waals surface area contributed by atoms with Crippen molar-refractivity contribution in [1.29, 1.82) is 0 Å². The Morgan fingerprint density at radius 3 is 1.90 bits per heavy atom. The zero-order valence-electron chi connectivity index (χ0n) is 10.7. The maximum absolute atomic E-state index is 14.0. The summed E-state index contributed by atoms with van der Waals surface area (Å²) in [5.74, 6) is -3.88. The highest BCUT2D eigenvalue weighted by atomic mass is 35.5. The number of hydrogen-bond acceptors (Lipinski definition) is 1. The molecule has 1 unspecified atom stereocenters. The molecule has 1 atom stereocenters. The van der Waals surface area contributed by atoms with Crippen molar-refractivity contribution in [2.24, 2.45) is 0 Å². The largest absolute Gasteiger partial charge is 0.309 e. The van der Waals surface area contributed by atoms with Crippen LogP contribution in [-0.2, 0) is 0 Å². The maximum atomic E-state index is 14.0. The van der Waals surface area contributed by atoms with Gasteiger partial charge in [-0.15, -0.1) is 0 Å². The van der Waals surface area contributed by atoms with Gasteiger partial charge in [0, 0.05) is 10.6 Å². The van der Waals surface area contributed by atoms with Gasteiger partial charge in [-0.2, -0.15) is 0 Å². The van der Waals surface area contributed by atoms with Crippen molar-refractivity contribution in [1.82, 2.24) is 5.32 Å². The van der Waals surface area contributed by atoms with E-state index in [1.54, 1.807) is 0 Å². The van der Waals surface area contributed by atoms with Crippen LogP contribution < -0.4 is 5.32 Å². The topological polar surface area (TPSA) is 12.0 Å². The van der Waals surface area contributed by atoms with E-state index in [1.165, 1.54) is 7.05 Å². The van der Waals surface area contributed by atoms with E-state index in [0.717, 1.165) is 24.3 Å². The van der Waals surface area contributed by atoms with Gasteiger partial charge >= 0.3 is 0 Å². The summed E-state index contributed by atoms with van der Waals surface area (Å²) in [6, 6.07) is 2.35. The first-order valence-electron chi connectivity index (χ1n) is 5.81. The number of benzene rings is 2. The van der Waals surface area contributed by atoms with Crippen molar-refractivity contribution >= 4 is 23.2 Å². The standard InChI is InChI=1S/C14H9Cl2F4N/c1-21-14(6-2-12(19)13(20)4-8(6)15)7-3-11(18)9(16)5-10(7)17/h2-5,14,21H,1H3. The van der Waals surface area contributed by atoms with E-state index in [4.69, 9.17) is 23.2 Å². The van der Waals surface area contributed by atoms with E-state index >= 15 is 0 Å². The Balaban J connectivity index is 2.60. The van der Waals surface area contributed by atoms with Crippen molar-refractivity contribution in [3.05, 3.63) is 68.7 Å². The Morgan fingerprint density at radius 1 is 0.762 bits per heavy atom. The van der Waals surface area contributed by atoms with Crippen molar-refractivity contribution in [3.8, 4) is 0 Å². The number of nitrogens with one attached hydrogen (secondary N) is 1. The third kappa shape index (κ3) is 3.15. The second-order valence-electron chi connectivity index (χ2n) is 4.30. The first kappa shape index (κ1) is 16.1. The van der Waals surface area contributed by atoms with Gasteiger partial charge in [-0.25, -0.2) is 17.6 Å². The lowest BCUT2D eigenvalue weighted by atomic mass is 9.98. The Hall–Kier alpha value is -1.30. The highest BCUT2D eigenvalue weighted by Crippen LogP contribution is 2.33. The van der Waals surface area contributed by atoms with Crippen molar-refractivity contribution < 1.29 is 17.6 Å². The molecule has 1 nitrogen and oxygen atoms in total. The molecule has 0 fully saturated rings. The molecular formula is C14H9Cl2F4N. The van der Waals surface area contributed by atoms with Crippen LogP contribution in [0.4, 0.5) is 17.6 Å². The van der Waals surface area contributed by atoms with Crippen molar-refractivity contribution in [2.75, 3.05) is 7.05 Å². The monoisotopic (exact) mass is 337 g/mol. The number of hydrogen-bond donors (Lipinski definition) is 1. The molecule has 2 rings (SSSR count). The van der Waals surface area contributed by atoms with Crippen LogP contribution in [-0.4, -0.2) is 7.05 Å². The fourth-order valence-electron chi connectivity index (χ4n) is 2.00. The summed E-state index contributed by atoms with van der Waals surface area (Å²) in [4.78, 5) is 0. The quantitative estimate of drug-likeness (QED) is 0.623. The molecule has 0 heterocycles. The summed E-state index contributed by atoms with van der Waals surface area (Å²) >= 11 is 11.3. The summed E-state index contributed by atoms with van der Waals surface area (Å²) in [6.07, 6.45) is 0. The molecule has 0 radical (unpaired) electrons.